The van der Waals surface area contributed by atoms with Crippen molar-refractivity contribution in [1.29, 1.82) is 5.26 Å². The van der Waals surface area contributed by atoms with Crippen LogP contribution in [0, 0.1) is 17.2 Å². The van der Waals surface area contributed by atoms with Gasteiger partial charge in [-0.05, 0) is 27.7 Å². The molecule has 0 rings (SSSR count). The van der Waals surface area contributed by atoms with Gasteiger partial charge in [0.15, 0.2) is 0 Å². The smallest absolute Gasteiger partial charge is 0.311 e. The monoisotopic (exact) mass is 184 g/mol. The van der Waals surface area contributed by atoms with Crippen molar-refractivity contribution in [3.05, 3.63) is 0 Å². The van der Waals surface area contributed by atoms with Gasteiger partial charge in [-0.25, -0.2) is 0 Å². The number of carbonyl (C=O) groups is 1. The Labute approximate surface area is 78.7 Å². The lowest BCUT2D eigenvalue weighted by Gasteiger charge is -2.22. The fourth-order valence-corrected chi connectivity index (χ4v) is 0.653. The van der Waals surface area contributed by atoms with Crippen LogP contribution in [0.15, 0.2) is 0 Å². The summed E-state index contributed by atoms with van der Waals surface area (Å²) in [4.78, 5) is 11.3. The molecule has 4 nitrogen and oxygen atoms in total. The van der Waals surface area contributed by atoms with Crippen LogP contribution in [0.1, 0.15) is 27.7 Å². The molecule has 0 fully saturated rings. The van der Waals surface area contributed by atoms with Crippen molar-refractivity contribution in [2.24, 2.45) is 11.7 Å². The van der Waals surface area contributed by atoms with Crippen molar-refractivity contribution in [3.63, 3.8) is 0 Å². The van der Waals surface area contributed by atoms with Crippen LogP contribution in [0.2, 0.25) is 0 Å². The highest BCUT2D eigenvalue weighted by Gasteiger charge is 2.25. The molecule has 0 aromatic rings. The van der Waals surface area contributed by atoms with Gasteiger partial charge in [-0.3, -0.25) is 4.79 Å². The van der Waals surface area contributed by atoms with Gasteiger partial charge < -0.3 is 10.5 Å². The molecule has 0 aliphatic carbocycles. The molecule has 13 heavy (non-hydrogen) atoms. The molecule has 0 saturated carbocycles. The molecule has 2 N–H and O–H groups in total. The summed E-state index contributed by atoms with van der Waals surface area (Å²) >= 11 is 0. The van der Waals surface area contributed by atoms with Gasteiger partial charge in [0, 0.05) is 0 Å². The quantitative estimate of drug-likeness (QED) is 0.644. The van der Waals surface area contributed by atoms with Crippen LogP contribution in [0.4, 0.5) is 0 Å². The zero-order chi connectivity index (χ0) is 10.6. The van der Waals surface area contributed by atoms with Gasteiger partial charge in [-0.2, -0.15) is 5.26 Å². The van der Waals surface area contributed by atoms with E-state index in [9.17, 15) is 4.79 Å². The van der Waals surface area contributed by atoms with Crippen LogP contribution in [0.5, 0.6) is 0 Å². The maximum Gasteiger partial charge on any atom is 0.311 e. The summed E-state index contributed by atoms with van der Waals surface area (Å²) in [5, 5.41) is 8.47. The molecule has 0 bridgehead atoms. The van der Waals surface area contributed by atoms with Gasteiger partial charge in [-0.1, -0.05) is 0 Å². The molecule has 0 aliphatic heterocycles. The summed E-state index contributed by atoms with van der Waals surface area (Å²) in [5.41, 5.74) is 4.85. The first-order valence-electron chi connectivity index (χ1n) is 4.16. The Bertz CT molecular complexity index is 225. The van der Waals surface area contributed by atoms with Crippen LogP contribution in [0.3, 0.4) is 0 Å². The molecule has 0 saturated heterocycles. The second kappa shape index (κ2) is 4.24. The minimum Gasteiger partial charge on any atom is -0.460 e. The van der Waals surface area contributed by atoms with Crippen molar-refractivity contribution in [1.82, 2.24) is 0 Å². The Morgan fingerprint density at radius 3 is 2.31 bits per heavy atom. The number of nitrogens with zero attached hydrogens (tertiary/aromatic N) is 1. The fraction of sp³-hybridized carbons (Fsp3) is 0.778. The van der Waals surface area contributed by atoms with Gasteiger partial charge in [0.25, 0.3) is 0 Å². The molecular weight excluding hydrogens is 168 g/mol. The number of hydrogen-bond donors (Lipinski definition) is 1. The van der Waals surface area contributed by atoms with E-state index in [1.54, 1.807) is 27.7 Å². The number of carbonyl (C=O) groups excluding carboxylic acids is 1. The Hall–Kier alpha value is -1.08. The number of rotatable bonds is 2. The van der Waals surface area contributed by atoms with E-state index < -0.39 is 23.5 Å². The second-order valence-electron chi connectivity index (χ2n) is 3.98. The molecule has 74 valence electrons. The Balaban J connectivity index is 4.22. The van der Waals surface area contributed by atoms with Gasteiger partial charge in [0.2, 0.25) is 0 Å². The Morgan fingerprint density at radius 2 is 2.00 bits per heavy atom. The Kier molecular flexibility index (Phi) is 3.89. The summed E-state index contributed by atoms with van der Waals surface area (Å²) in [6.45, 7) is 6.91. The summed E-state index contributed by atoms with van der Waals surface area (Å²) < 4.78 is 5.05. The maximum absolute atomic E-state index is 11.3. The van der Waals surface area contributed by atoms with E-state index in [0.29, 0.717) is 0 Å². The highest BCUT2D eigenvalue weighted by molar-refractivity contribution is 5.73. The van der Waals surface area contributed by atoms with E-state index in [1.807, 2.05) is 6.07 Å². The van der Waals surface area contributed by atoms with Crippen LogP contribution in [-0.4, -0.2) is 17.6 Å². The number of ether oxygens (including phenoxy) is 1. The van der Waals surface area contributed by atoms with Gasteiger partial charge in [0.05, 0.1) is 12.0 Å². The molecule has 0 unspecified atom stereocenters. The van der Waals surface area contributed by atoms with Crippen molar-refractivity contribution >= 4 is 5.97 Å². The predicted octanol–water partition coefficient (Wildman–Crippen LogP) is 0.815. The number of hydrogen-bond acceptors (Lipinski definition) is 4. The lowest BCUT2D eigenvalue weighted by atomic mass is 10.0. The summed E-state index contributed by atoms with van der Waals surface area (Å²) in [6, 6.07) is 1.01. The zero-order valence-electron chi connectivity index (χ0n) is 8.50. The fourth-order valence-electron chi connectivity index (χ4n) is 0.653. The average molecular weight is 184 g/mol. The maximum atomic E-state index is 11.3. The molecule has 0 radical (unpaired) electrons. The molecule has 0 amide bonds. The molecule has 2 atom stereocenters. The molecule has 0 aliphatic rings. The second-order valence-corrected chi connectivity index (χ2v) is 3.98. The zero-order valence-corrected chi connectivity index (χ0v) is 8.50. The molecule has 0 heterocycles. The minimum atomic E-state index is -0.796. The SMILES string of the molecule is C[C@@H](C(=O)OC(C)(C)C)[C@H](N)C#N. The van der Waals surface area contributed by atoms with Crippen molar-refractivity contribution in [2.45, 2.75) is 39.3 Å². The topological polar surface area (TPSA) is 76.1 Å². The molecule has 0 aromatic heterocycles. The molecular formula is C9H16N2O2. The summed E-state index contributed by atoms with van der Waals surface area (Å²) in [7, 11) is 0. The van der Waals surface area contributed by atoms with Gasteiger partial charge >= 0.3 is 5.97 Å². The standard InChI is InChI=1S/C9H16N2O2/c1-6(7(11)5-10)8(12)13-9(2,3)4/h6-7H,11H2,1-4H3/t6-,7-/m1/s1. The highest BCUT2D eigenvalue weighted by atomic mass is 16.6. The number of esters is 1. The van der Waals surface area contributed by atoms with E-state index in [0.717, 1.165) is 0 Å². The first kappa shape index (κ1) is 11.9. The van der Waals surface area contributed by atoms with Gasteiger partial charge in [-0.15, -0.1) is 0 Å². The van der Waals surface area contributed by atoms with E-state index in [-0.39, 0.29) is 0 Å². The molecule has 4 heteroatoms. The largest absolute Gasteiger partial charge is 0.460 e. The average Bonchev–Trinajstić information content (AvgIpc) is 1.98. The third-order valence-electron chi connectivity index (χ3n) is 1.47. The highest BCUT2D eigenvalue weighted by Crippen LogP contribution is 2.12. The minimum absolute atomic E-state index is 0.429. The first-order chi connectivity index (χ1) is 5.78. The predicted molar refractivity (Wildman–Crippen MR) is 48.6 cm³/mol. The summed E-state index contributed by atoms with van der Waals surface area (Å²) in [6.07, 6.45) is 0. The number of nitriles is 1. The van der Waals surface area contributed by atoms with Crippen LogP contribution >= 0.6 is 0 Å². The van der Waals surface area contributed by atoms with Crippen molar-refractivity contribution < 1.29 is 9.53 Å². The molecule has 0 spiro atoms. The number of nitrogens with two attached hydrogens (primary N) is 1. The van der Waals surface area contributed by atoms with Crippen LogP contribution in [0.25, 0.3) is 0 Å². The summed E-state index contributed by atoms with van der Waals surface area (Å²) in [5.74, 6) is -1.01. The van der Waals surface area contributed by atoms with Crippen molar-refractivity contribution in [3.8, 4) is 6.07 Å². The first-order valence-corrected chi connectivity index (χ1v) is 4.16. The third kappa shape index (κ3) is 4.48. The van der Waals surface area contributed by atoms with E-state index in [2.05, 4.69) is 0 Å². The van der Waals surface area contributed by atoms with E-state index in [4.69, 9.17) is 15.7 Å². The van der Waals surface area contributed by atoms with E-state index >= 15 is 0 Å². The van der Waals surface area contributed by atoms with Crippen LogP contribution < -0.4 is 5.73 Å². The lowest BCUT2D eigenvalue weighted by Crippen LogP contribution is -2.36. The van der Waals surface area contributed by atoms with Gasteiger partial charge in [0.1, 0.15) is 11.6 Å². The van der Waals surface area contributed by atoms with Crippen molar-refractivity contribution in [2.75, 3.05) is 0 Å². The Morgan fingerprint density at radius 1 is 1.54 bits per heavy atom. The van der Waals surface area contributed by atoms with E-state index in [1.165, 1.54) is 0 Å². The normalized spacial score (nSPS) is 15.7. The molecule has 0 aromatic carbocycles. The lowest BCUT2D eigenvalue weighted by molar-refractivity contribution is -0.159. The van der Waals surface area contributed by atoms with Crippen LogP contribution in [-0.2, 0) is 9.53 Å². The third-order valence-corrected chi connectivity index (χ3v) is 1.47.